The average molecular weight is 264 g/mol. The number of nitriles is 1. The van der Waals surface area contributed by atoms with Crippen molar-refractivity contribution in [2.24, 2.45) is 10.9 Å². The fourth-order valence-electron chi connectivity index (χ4n) is 2.63. The van der Waals surface area contributed by atoms with Crippen LogP contribution < -0.4 is 4.90 Å². The zero-order valence-electron chi connectivity index (χ0n) is 12.5. The van der Waals surface area contributed by atoms with Crippen molar-refractivity contribution in [3.8, 4) is 6.19 Å². The van der Waals surface area contributed by atoms with Gasteiger partial charge in [0.2, 0.25) is 0 Å². The monoisotopic (exact) mass is 264 g/mol. The highest BCUT2D eigenvalue weighted by Crippen LogP contribution is 2.15. The molecule has 0 amide bonds. The van der Waals surface area contributed by atoms with Crippen molar-refractivity contribution in [2.75, 3.05) is 20.1 Å². The van der Waals surface area contributed by atoms with E-state index in [4.69, 9.17) is 10.7 Å². The van der Waals surface area contributed by atoms with Crippen molar-refractivity contribution >= 4 is 6.01 Å². The summed E-state index contributed by atoms with van der Waals surface area (Å²) in [5.41, 5.74) is 0. The Morgan fingerprint density at radius 1 is 1.26 bits per heavy atom. The van der Waals surface area contributed by atoms with Crippen LogP contribution in [-0.2, 0) is 0 Å². The first kappa shape index (κ1) is 17.8. The summed E-state index contributed by atoms with van der Waals surface area (Å²) in [6.07, 6.45) is 13.0. The van der Waals surface area contributed by atoms with Gasteiger partial charge in [-0.15, -0.1) is 6.01 Å². The first-order chi connectivity index (χ1) is 9.24. The molecule has 0 bridgehead atoms. The number of aliphatic imine (C=N–C) groups is 1. The van der Waals surface area contributed by atoms with E-state index in [9.17, 15) is 0 Å². The van der Waals surface area contributed by atoms with Gasteiger partial charge in [0, 0.05) is 12.3 Å². The Bertz CT molecular complexity index is 289. The summed E-state index contributed by atoms with van der Waals surface area (Å²) in [6.45, 7) is 5.15. The van der Waals surface area contributed by atoms with Gasteiger partial charge in [-0.25, -0.2) is 0 Å². The van der Waals surface area contributed by atoms with E-state index < -0.39 is 0 Å². The normalized spacial score (nSPS) is 20.9. The van der Waals surface area contributed by atoms with Crippen LogP contribution in [0.25, 0.3) is 5.41 Å². The van der Waals surface area contributed by atoms with Gasteiger partial charge in [0.25, 0.3) is 0 Å². The third-order valence-corrected chi connectivity index (χ3v) is 3.68. The first-order valence-electron chi connectivity index (χ1n) is 7.53. The molecule has 1 fully saturated rings. The zero-order chi connectivity index (χ0) is 14.3. The molecule has 1 aliphatic rings. The molecule has 2 unspecified atom stereocenters. The summed E-state index contributed by atoms with van der Waals surface area (Å²) in [5.74, 6) is 1.06. The summed E-state index contributed by atoms with van der Waals surface area (Å²) in [6, 6.07) is 1.28. The molecule has 1 heterocycles. The van der Waals surface area contributed by atoms with E-state index in [-0.39, 0.29) is 0 Å². The minimum atomic E-state index is 1.06. The van der Waals surface area contributed by atoms with Crippen LogP contribution >= 0.6 is 0 Å². The van der Waals surface area contributed by atoms with Crippen molar-refractivity contribution in [1.82, 2.24) is 0 Å². The fourth-order valence-corrected chi connectivity index (χ4v) is 2.63. The summed E-state index contributed by atoms with van der Waals surface area (Å²) < 4.78 is 0. The lowest BCUT2D eigenvalue weighted by Gasteiger charge is -2.07. The van der Waals surface area contributed by atoms with Crippen molar-refractivity contribution < 1.29 is 4.90 Å². The highest BCUT2D eigenvalue weighted by Gasteiger charge is 2.21. The van der Waals surface area contributed by atoms with Crippen molar-refractivity contribution in [3.05, 3.63) is 5.41 Å². The van der Waals surface area contributed by atoms with E-state index in [2.05, 4.69) is 19.0 Å². The van der Waals surface area contributed by atoms with Crippen LogP contribution in [0.5, 0.6) is 0 Å². The molecule has 1 N–H and O–H groups in total. The minimum Gasteiger partial charge on any atom is -0.422 e. The Morgan fingerprint density at radius 3 is 2.42 bits per heavy atom. The van der Waals surface area contributed by atoms with E-state index in [1.807, 2.05) is 0 Å². The van der Waals surface area contributed by atoms with Crippen LogP contribution in [0.3, 0.4) is 0 Å². The Balaban J connectivity index is 0.000000555. The van der Waals surface area contributed by atoms with Crippen LogP contribution in [-0.4, -0.2) is 26.1 Å². The highest BCUT2D eigenvalue weighted by atomic mass is 15.1. The SMILES string of the molecule is CCCCCCCCC1CC[NH+](C)C1.N#CN=C=[N-]. The van der Waals surface area contributed by atoms with Gasteiger partial charge in [-0.2, -0.15) is 5.26 Å². The molecule has 1 aliphatic heterocycles. The molecule has 0 spiro atoms. The number of hydrogen-bond acceptors (Lipinski definition) is 2. The van der Waals surface area contributed by atoms with Crippen molar-refractivity contribution in [3.63, 3.8) is 0 Å². The third kappa shape index (κ3) is 11.6. The molecule has 0 aliphatic carbocycles. The lowest BCUT2D eigenvalue weighted by molar-refractivity contribution is -0.867. The average Bonchev–Trinajstić information content (AvgIpc) is 2.81. The second-order valence-corrected chi connectivity index (χ2v) is 5.43. The molecule has 0 radical (unpaired) electrons. The molecule has 0 aromatic rings. The lowest BCUT2D eigenvalue weighted by Crippen LogP contribution is -3.07. The van der Waals surface area contributed by atoms with E-state index in [1.165, 1.54) is 76.7 Å². The van der Waals surface area contributed by atoms with Gasteiger partial charge in [0.05, 0.1) is 26.3 Å². The standard InChI is InChI=1S/C13H27N.C2N3/c1-3-4-5-6-7-8-9-13-10-11-14(2)12-13;3-1-5-2-4/h13H,3-12H2,1-2H3;/q;-1/p+1. The quantitative estimate of drug-likeness (QED) is 0.428. The summed E-state index contributed by atoms with van der Waals surface area (Å²) in [4.78, 5) is 4.33. The first-order valence-corrected chi connectivity index (χ1v) is 7.53. The van der Waals surface area contributed by atoms with E-state index in [0.717, 1.165) is 5.92 Å². The predicted molar refractivity (Wildman–Crippen MR) is 79.1 cm³/mol. The minimum absolute atomic E-state index is 1.06. The number of unbranched alkanes of at least 4 members (excludes halogenated alkanes) is 5. The largest absolute Gasteiger partial charge is 0.422 e. The van der Waals surface area contributed by atoms with Crippen LogP contribution in [0, 0.1) is 17.4 Å². The van der Waals surface area contributed by atoms with Crippen LogP contribution in [0.4, 0.5) is 0 Å². The van der Waals surface area contributed by atoms with Crippen LogP contribution in [0.2, 0.25) is 0 Å². The highest BCUT2D eigenvalue weighted by molar-refractivity contribution is 5.46. The molecule has 0 aromatic carbocycles. The second kappa shape index (κ2) is 13.3. The third-order valence-electron chi connectivity index (χ3n) is 3.68. The van der Waals surface area contributed by atoms with Gasteiger partial charge in [-0.1, -0.05) is 45.4 Å². The number of quaternary nitrogens is 1. The van der Waals surface area contributed by atoms with Gasteiger partial charge in [0.15, 0.2) is 0 Å². The zero-order valence-corrected chi connectivity index (χ0v) is 12.5. The van der Waals surface area contributed by atoms with Gasteiger partial charge in [0.1, 0.15) is 0 Å². The smallest absolute Gasteiger partial charge is 0.0925 e. The number of nitrogens with one attached hydrogen (secondary N) is 1. The molecular weight excluding hydrogens is 236 g/mol. The lowest BCUT2D eigenvalue weighted by atomic mass is 10.00. The molecule has 1 rings (SSSR count). The second-order valence-electron chi connectivity index (χ2n) is 5.43. The Kier molecular flexibility index (Phi) is 12.4. The van der Waals surface area contributed by atoms with Crippen molar-refractivity contribution in [1.29, 1.82) is 5.26 Å². The van der Waals surface area contributed by atoms with Gasteiger partial charge < -0.3 is 15.3 Å². The molecule has 108 valence electrons. The van der Waals surface area contributed by atoms with Gasteiger partial charge in [-0.3, -0.25) is 0 Å². The number of nitrogens with zero attached hydrogens (tertiary/aromatic N) is 3. The van der Waals surface area contributed by atoms with Gasteiger partial charge >= 0.3 is 0 Å². The molecule has 1 saturated heterocycles. The van der Waals surface area contributed by atoms with E-state index in [1.54, 1.807) is 4.90 Å². The molecule has 0 aromatic heterocycles. The Hall–Kier alpha value is -1.17. The van der Waals surface area contributed by atoms with Crippen LogP contribution in [0.1, 0.15) is 58.3 Å². The number of likely N-dealkylation sites (tertiary alicyclic amines) is 1. The molecule has 19 heavy (non-hydrogen) atoms. The molecule has 2 atom stereocenters. The number of hydrogen-bond donors (Lipinski definition) is 1. The summed E-state index contributed by atoms with van der Waals surface area (Å²) in [7, 11) is 2.33. The summed E-state index contributed by atoms with van der Waals surface area (Å²) >= 11 is 0. The maximum absolute atomic E-state index is 7.43. The maximum Gasteiger partial charge on any atom is 0.0925 e. The maximum atomic E-state index is 7.43. The molecule has 0 saturated carbocycles. The molecule has 4 heteroatoms. The Labute approximate surface area is 118 Å². The Morgan fingerprint density at radius 2 is 1.95 bits per heavy atom. The van der Waals surface area contributed by atoms with E-state index in [0.29, 0.717) is 0 Å². The summed E-state index contributed by atoms with van der Waals surface area (Å²) in [5, 5.41) is 14.9. The fraction of sp³-hybridized carbons (Fsp3) is 0.867. The van der Waals surface area contributed by atoms with Gasteiger partial charge in [-0.05, 0) is 6.42 Å². The molecule has 4 nitrogen and oxygen atoms in total. The van der Waals surface area contributed by atoms with E-state index >= 15 is 0 Å². The number of rotatable bonds is 7. The topological polar surface area (TPSA) is 62.9 Å². The molecular formula is C15H28N4. The predicted octanol–water partition coefficient (Wildman–Crippen LogP) is 2.48. The van der Waals surface area contributed by atoms with Crippen LogP contribution in [0.15, 0.2) is 4.99 Å². The van der Waals surface area contributed by atoms with Crippen molar-refractivity contribution in [2.45, 2.75) is 58.3 Å².